The molecule has 0 radical (unpaired) electrons. The molecule has 0 aliphatic rings. The van der Waals surface area contributed by atoms with Gasteiger partial charge in [0.15, 0.2) is 0 Å². The zero-order chi connectivity index (χ0) is 14.0. The van der Waals surface area contributed by atoms with Gasteiger partial charge in [-0.05, 0) is 37.1 Å². The number of rotatable bonds is 3. The molecule has 0 saturated carbocycles. The van der Waals surface area contributed by atoms with Crippen LogP contribution in [0.3, 0.4) is 0 Å². The van der Waals surface area contributed by atoms with E-state index >= 15 is 0 Å². The van der Waals surface area contributed by atoms with E-state index in [1.807, 2.05) is 26.0 Å². The molecule has 0 fully saturated rings. The summed E-state index contributed by atoms with van der Waals surface area (Å²) in [6.45, 7) is 4.04. The summed E-state index contributed by atoms with van der Waals surface area (Å²) in [4.78, 5) is 0.532. The maximum Gasteiger partial charge on any atom is 0.0806 e. The number of aryl methyl sites for hydroxylation is 2. The number of nitrogen functional groups attached to an aromatic ring is 1. The first-order chi connectivity index (χ1) is 8.99. The molecule has 19 heavy (non-hydrogen) atoms. The van der Waals surface area contributed by atoms with E-state index in [9.17, 15) is 4.21 Å². The fourth-order valence-corrected chi connectivity index (χ4v) is 3.73. The van der Waals surface area contributed by atoms with Gasteiger partial charge in [-0.15, -0.1) is 0 Å². The van der Waals surface area contributed by atoms with E-state index < -0.39 is 10.8 Å². The fraction of sp³-hybridized carbons (Fsp3) is 0.200. The van der Waals surface area contributed by atoms with Crippen LogP contribution in [0.5, 0.6) is 0 Å². The van der Waals surface area contributed by atoms with Crippen molar-refractivity contribution in [2.24, 2.45) is 0 Å². The van der Waals surface area contributed by atoms with Gasteiger partial charge in [-0.25, -0.2) is 0 Å². The monoisotopic (exact) mass is 293 g/mol. The minimum absolute atomic E-state index is 0.432. The van der Waals surface area contributed by atoms with Gasteiger partial charge in [0.25, 0.3) is 0 Å². The minimum atomic E-state index is -1.23. The second kappa shape index (κ2) is 5.76. The maximum absolute atomic E-state index is 12.5. The number of anilines is 1. The molecule has 0 bridgehead atoms. The average Bonchev–Trinajstić information content (AvgIpc) is 2.33. The minimum Gasteiger partial charge on any atom is -0.398 e. The third kappa shape index (κ3) is 3.17. The third-order valence-corrected chi connectivity index (χ3v) is 4.93. The molecule has 4 heteroatoms. The number of hydrogen-bond donors (Lipinski definition) is 1. The largest absolute Gasteiger partial charge is 0.398 e. The molecular formula is C15H16ClNOS. The summed E-state index contributed by atoms with van der Waals surface area (Å²) in [6, 6.07) is 11.3. The molecule has 0 spiro atoms. The molecule has 1 unspecified atom stereocenters. The maximum atomic E-state index is 12.5. The summed E-state index contributed by atoms with van der Waals surface area (Å²) in [7, 11) is -1.23. The molecule has 0 heterocycles. The highest BCUT2D eigenvalue weighted by Crippen LogP contribution is 2.28. The van der Waals surface area contributed by atoms with Crippen LogP contribution < -0.4 is 5.73 Å². The fourth-order valence-electron chi connectivity index (χ4n) is 1.93. The molecule has 0 aliphatic carbocycles. The number of nitrogens with two attached hydrogens (primary N) is 1. The van der Waals surface area contributed by atoms with Gasteiger partial charge in [0, 0.05) is 5.69 Å². The first-order valence-electron chi connectivity index (χ1n) is 5.97. The number of hydrogen-bond acceptors (Lipinski definition) is 2. The first kappa shape index (κ1) is 14.1. The molecule has 2 nitrogen and oxygen atoms in total. The lowest BCUT2D eigenvalue weighted by Crippen LogP contribution is -2.03. The Labute approximate surface area is 121 Å². The lowest BCUT2D eigenvalue weighted by molar-refractivity contribution is 0.683. The normalized spacial score (nSPS) is 12.4. The molecular weight excluding hydrogens is 278 g/mol. The van der Waals surface area contributed by atoms with E-state index in [1.54, 1.807) is 18.2 Å². The molecule has 2 aromatic carbocycles. The summed E-state index contributed by atoms with van der Waals surface area (Å²) in [6.07, 6.45) is 0. The van der Waals surface area contributed by atoms with Crippen LogP contribution in [0.1, 0.15) is 16.7 Å². The zero-order valence-electron chi connectivity index (χ0n) is 10.9. The molecule has 2 rings (SSSR count). The van der Waals surface area contributed by atoms with Crippen LogP contribution >= 0.6 is 11.6 Å². The molecule has 1 atom stereocenters. The van der Waals surface area contributed by atoms with Crippen molar-refractivity contribution in [2.45, 2.75) is 24.5 Å². The van der Waals surface area contributed by atoms with Crippen molar-refractivity contribution < 1.29 is 4.21 Å². The Morgan fingerprint density at radius 3 is 2.63 bits per heavy atom. The van der Waals surface area contributed by atoms with E-state index in [0.29, 0.717) is 21.4 Å². The first-order valence-corrected chi connectivity index (χ1v) is 7.67. The average molecular weight is 294 g/mol. The smallest absolute Gasteiger partial charge is 0.0806 e. The van der Waals surface area contributed by atoms with Gasteiger partial charge in [0.05, 0.1) is 26.5 Å². The molecule has 0 aliphatic heterocycles. The molecule has 2 aromatic rings. The molecule has 2 N–H and O–H groups in total. The third-order valence-electron chi connectivity index (χ3n) is 3.02. The van der Waals surface area contributed by atoms with Crippen LogP contribution in [0.2, 0.25) is 5.02 Å². The van der Waals surface area contributed by atoms with Crippen LogP contribution in [-0.4, -0.2) is 4.21 Å². The van der Waals surface area contributed by atoms with Crippen molar-refractivity contribution in [1.29, 1.82) is 0 Å². The summed E-state index contributed by atoms with van der Waals surface area (Å²) in [5.41, 5.74) is 9.70. The lowest BCUT2D eigenvalue weighted by Gasteiger charge is -2.10. The van der Waals surface area contributed by atoms with Gasteiger partial charge < -0.3 is 5.73 Å². The SMILES string of the molecule is Cc1ccc(C)c(CS(=O)c2c(N)cccc2Cl)c1. The molecule has 0 saturated heterocycles. The molecule has 0 amide bonds. The van der Waals surface area contributed by atoms with Crippen LogP contribution in [-0.2, 0) is 16.6 Å². The molecule has 100 valence electrons. The summed E-state index contributed by atoms with van der Waals surface area (Å²) >= 11 is 6.09. The van der Waals surface area contributed by atoms with Gasteiger partial charge in [-0.3, -0.25) is 4.21 Å². The van der Waals surface area contributed by atoms with Crippen LogP contribution in [0.4, 0.5) is 5.69 Å². The van der Waals surface area contributed by atoms with Crippen LogP contribution in [0.25, 0.3) is 0 Å². The van der Waals surface area contributed by atoms with E-state index in [1.165, 1.54) is 0 Å². The van der Waals surface area contributed by atoms with Gasteiger partial charge in [-0.1, -0.05) is 41.4 Å². The Morgan fingerprint density at radius 1 is 1.21 bits per heavy atom. The highest BCUT2D eigenvalue weighted by molar-refractivity contribution is 7.84. The van der Waals surface area contributed by atoms with Gasteiger partial charge >= 0.3 is 0 Å². The highest BCUT2D eigenvalue weighted by Gasteiger charge is 2.14. The topological polar surface area (TPSA) is 43.1 Å². The van der Waals surface area contributed by atoms with Crippen molar-refractivity contribution in [2.75, 3.05) is 5.73 Å². The van der Waals surface area contributed by atoms with Crippen molar-refractivity contribution in [3.8, 4) is 0 Å². The van der Waals surface area contributed by atoms with E-state index in [2.05, 4.69) is 6.07 Å². The van der Waals surface area contributed by atoms with E-state index in [4.69, 9.17) is 17.3 Å². The second-order valence-electron chi connectivity index (χ2n) is 4.58. The zero-order valence-corrected chi connectivity index (χ0v) is 12.5. The van der Waals surface area contributed by atoms with Gasteiger partial charge in [0.1, 0.15) is 0 Å². The van der Waals surface area contributed by atoms with Crippen molar-refractivity contribution >= 4 is 28.1 Å². The van der Waals surface area contributed by atoms with E-state index in [0.717, 1.165) is 16.7 Å². The Morgan fingerprint density at radius 2 is 1.95 bits per heavy atom. The van der Waals surface area contributed by atoms with Gasteiger partial charge in [-0.2, -0.15) is 0 Å². The predicted octanol–water partition coefficient (Wildman–Crippen LogP) is 3.85. The van der Waals surface area contributed by atoms with Crippen LogP contribution in [0.15, 0.2) is 41.3 Å². The number of benzene rings is 2. The van der Waals surface area contributed by atoms with Gasteiger partial charge in [0.2, 0.25) is 0 Å². The quantitative estimate of drug-likeness (QED) is 0.874. The van der Waals surface area contributed by atoms with Crippen molar-refractivity contribution in [3.05, 3.63) is 58.1 Å². The summed E-state index contributed by atoms with van der Waals surface area (Å²) in [5, 5.41) is 0.462. The number of halogens is 1. The standard InChI is InChI=1S/C15H16ClNOS/c1-10-6-7-11(2)12(8-10)9-19(18)15-13(16)4-3-5-14(15)17/h3-8H,9,17H2,1-2H3. The summed E-state index contributed by atoms with van der Waals surface area (Å²) < 4.78 is 12.5. The Kier molecular flexibility index (Phi) is 4.27. The van der Waals surface area contributed by atoms with Crippen molar-refractivity contribution in [1.82, 2.24) is 0 Å². The highest BCUT2D eigenvalue weighted by atomic mass is 35.5. The lowest BCUT2D eigenvalue weighted by atomic mass is 10.1. The van der Waals surface area contributed by atoms with Crippen LogP contribution in [0, 0.1) is 13.8 Å². The Hall–Kier alpha value is -1.32. The predicted molar refractivity (Wildman–Crippen MR) is 81.9 cm³/mol. The van der Waals surface area contributed by atoms with Crippen molar-refractivity contribution in [3.63, 3.8) is 0 Å². The Bertz CT molecular complexity index is 620. The molecule has 0 aromatic heterocycles. The second-order valence-corrected chi connectivity index (χ2v) is 6.37. The Balaban J connectivity index is 2.34. The summed E-state index contributed by atoms with van der Waals surface area (Å²) in [5.74, 6) is 0.432. The van der Waals surface area contributed by atoms with E-state index in [-0.39, 0.29) is 0 Å².